The summed E-state index contributed by atoms with van der Waals surface area (Å²) in [6.07, 6.45) is 2.48. The smallest absolute Gasteiger partial charge is 0.236 e. The molecule has 8 nitrogen and oxygen atoms in total. The molecule has 8 heteroatoms. The molecule has 2 aliphatic heterocycles. The summed E-state index contributed by atoms with van der Waals surface area (Å²) in [5.74, 6) is 1.20. The highest BCUT2D eigenvalue weighted by Gasteiger charge is 2.24. The third-order valence-electron chi connectivity index (χ3n) is 5.28. The number of rotatable bonds is 8. The highest BCUT2D eigenvalue weighted by atomic mass is 16.5. The highest BCUT2D eigenvalue weighted by molar-refractivity contribution is 5.80. The van der Waals surface area contributed by atoms with Gasteiger partial charge in [-0.1, -0.05) is 13.3 Å². The van der Waals surface area contributed by atoms with Crippen LogP contribution in [0, 0.1) is 0 Å². The van der Waals surface area contributed by atoms with Crippen LogP contribution in [0.3, 0.4) is 0 Å². The minimum Gasteiger partial charge on any atom is -0.378 e. The number of guanidine groups is 1. The number of nitrogens with zero attached hydrogens (tertiary/aromatic N) is 5. The molecule has 0 aliphatic carbocycles. The zero-order valence-corrected chi connectivity index (χ0v) is 17.5. The molecule has 2 rings (SSSR count). The van der Waals surface area contributed by atoms with E-state index in [-0.39, 0.29) is 5.91 Å². The van der Waals surface area contributed by atoms with Gasteiger partial charge in [0.05, 0.1) is 19.8 Å². The van der Waals surface area contributed by atoms with E-state index < -0.39 is 0 Å². The van der Waals surface area contributed by atoms with Gasteiger partial charge in [-0.25, -0.2) is 0 Å². The van der Waals surface area contributed by atoms with Gasteiger partial charge in [0, 0.05) is 59.4 Å². The molecule has 2 saturated heterocycles. The van der Waals surface area contributed by atoms with Crippen LogP contribution in [-0.2, 0) is 9.53 Å². The number of piperazine rings is 1. The Bertz CT molecular complexity index is 459. The maximum Gasteiger partial charge on any atom is 0.236 e. The van der Waals surface area contributed by atoms with Crippen LogP contribution in [0.15, 0.2) is 4.99 Å². The van der Waals surface area contributed by atoms with Gasteiger partial charge in [0.2, 0.25) is 5.91 Å². The normalized spacial score (nSPS) is 19.6. The van der Waals surface area contributed by atoms with E-state index >= 15 is 0 Å². The van der Waals surface area contributed by atoms with Crippen molar-refractivity contribution >= 4 is 11.9 Å². The molecule has 1 amide bonds. The molecule has 156 valence electrons. The maximum atomic E-state index is 12.4. The molecule has 0 atom stereocenters. The summed E-state index contributed by atoms with van der Waals surface area (Å²) in [5.41, 5.74) is 0. The highest BCUT2D eigenvalue weighted by Crippen LogP contribution is 2.05. The Morgan fingerprint density at radius 1 is 1.07 bits per heavy atom. The lowest BCUT2D eigenvalue weighted by Crippen LogP contribution is -2.55. The lowest BCUT2D eigenvalue weighted by molar-refractivity contribution is -0.136. The molecule has 2 fully saturated rings. The molecular weight excluding hydrogens is 344 g/mol. The Morgan fingerprint density at radius 2 is 1.78 bits per heavy atom. The van der Waals surface area contributed by atoms with Crippen molar-refractivity contribution in [3.05, 3.63) is 0 Å². The van der Waals surface area contributed by atoms with Crippen molar-refractivity contribution in [2.24, 2.45) is 4.99 Å². The second-order valence-corrected chi connectivity index (χ2v) is 7.39. The fourth-order valence-electron chi connectivity index (χ4n) is 3.45. The lowest BCUT2D eigenvalue weighted by Gasteiger charge is -2.37. The van der Waals surface area contributed by atoms with E-state index in [1.165, 1.54) is 12.8 Å². The van der Waals surface area contributed by atoms with Gasteiger partial charge in [0.15, 0.2) is 5.96 Å². The van der Waals surface area contributed by atoms with E-state index in [1.54, 1.807) is 0 Å². The van der Waals surface area contributed by atoms with Crippen molar-refractivity contribution in [3.8, 4) is 0 Å². The number of hydrogen-bond acceptors (Lipinski definition) is 5. The molecule has 27 heavy (non-hydrogen) atoms. The number of hydrogen-bond donors (Lipinski definition) is 1. The van der Waals surface area contributed by atoms with Gasteiger partial charge in [-0.05, 0) is 20.0 Å². The average molecular weight is 383 g/mol. The summed E-state index contributed by atoms with van der Waals surface area (Å²) in [7, 11) is 4.02. The Balaban J connectivity index is 1.66. The van der Waals surface area contributed by atoms with Crippen LogP contribution in [0.1, 0.15) is 19.8 Å². The third kappa shape index (κ3) is 7.63. The van der Waals surface area contributed by atoms with E-state index in [9.17, 15) is 4.79 Å². The van der Waals surface area contributed by atoms with Crippen LogP contribution >= 0.6 is 0 Å². The number of amides is 1. The molecule has 0 aromatic rings. The molecule has 0 aromatic carbocycles. The minimum absolute atomic E-state index is 0.226. The van der Waals surface area contributed by atoms with Crippen LogP contribution < -0.4 is 5.32 Å². The van der Waals surface area contributed by atoms with E-state index in [2.05, 4.69) is 39.0 Å². The van der Waals surface area contributed by atoms with Crippen LogP contribution in [-0.4, -0.2) is 124 Å². The maximum absolute atomic E-state index is 12.4. The Hall–Kier alpha value is -1.38. The monoisotopic (exact) mass is 382 g/mol. The molecule has 1 N–H and O–H groups in total. The molecule has 0 spiro atoms. The average Bonchev–Trinajstić information content (AvgIpc) is 2.71. The fourth-order valence-corrected chi connectivity index (χ4v) is 3.45. The summed E-state index contributed by atoms with van der Waals surface area (Å²) in [6.45, 7) is 12.2. The summed E-state index contributed by atoms with van der Waals surface area (Å²) in [5, 5.41) is 3.48. The van der Waals surface area contributed by atoms with Gasteiger partial charge in [0.25, 0.3) is 0 Å². The number of morpholine rings is 1. The summed E-state index contributed by atoms with van der Waals surface area (Å²) in [6, 6.07) is 0. The van der Waals surface area contributed by atoms with Crippen molar-refractivity contribution in [1.29, 1.82) is 0 Å². The van der Waals surface area contributed by atoms with E-state index in [1.807, 2.05) is 11.9 Å². The van der Waals surface area contributed by atoms with Gasteiger partial charge in [-0.15, -0.1) is 0 Å². The van der Waals surface area contributed by atoms with Gasteiger partial charge in [-0.2, -0.15) is 0 Å². The van der Waals surface area contributed by atoms with Crippen LogP contribution in [0.4, 0.5) is 0 Å². The third-order valence-corrected chi connectivity index (χ3v) is 5.28. The number of ether oxygens (including phenoxy) is 1. The predicted molar refractivity (Wildman–Crippen MR) is 109 cm³/mol. The van der Waals surface area contributed by atoms with E-state index in [0.29, 0.717) is 19.8 Å². The van der Waals surface area contributed by atoms with Crippen molar-refractivity contribution in [1.82, 2.24) is 24.9 Å². The topological polar surface area (TPSA) is 63.7 Å². The molecular formula is C19H38N6O2. The Morgan fingerprint density at radius 3 is 2.41 bits per heavy atom. The second-order valence-electron chi connectivity index (χ2n) is 7.39. The molecule has 0 bridgehead atoms. The summed E-state index contributed by atoms with van der Waals surface area (Å²) in [4.78, 5) is 25.7. The quantitative estimate of drug-likeness (QED) is 0.462. The molecule has 2 aliphatic rings. The Labute approximate surface area is 164 Å². The van der Waals surface area contributed by atoms with Crippen molar-refractivity contribution in [2.75, 3.05) is 92.8 Å². The molecule has 0 saturated carbocycles. The number of carbonyl (C=O) groups excluding carboxylic acids is 1. The lowest BCUT2D eigenvalue weighted by atomic mass is 10.3. The Kier molecular flexibility index (Phi) is 9.86. The zero-order valence-electron chi connectivity index (χ0n) is 17.5. The number of unbranched alkanes of at least 4 members (excludes halogenated alkanes) is 1. The molecule has 2 heterocycles. The standard InChI is InChI=1S/C19H38N6O2/c1-4-5-7-22(3)8-6-21-19(20-2)25-11-9-23(10-12-25)17-18(26)24-13-15-27-16-14-24/h4-17H2,1-3H3,(H,20,21). The fraction of sp³-hybridized carbons (Fsp3) is 0.895. The number of carbonyl (C=O) groups is 1. The van der Waals surface area contributed by atoms with Crippen LogP contribution in [0.2, 0.25) is 0 Å². The summed E-state index contributed by atoms with van der Waals surface area (Å²) < 4.78 is 5.32. The van der Waals surface area contributed by atoms with Crippen LogP contribution in [0.5, 0.6) is 0 Å². The van der Waals surface area contributed by atoms with E-state index in [0.717, 1.165) is 64.9 Å². The van der Waals surface area contributed by atoms with E-state index in [4.69, 9.17) is 4.74 Å². The molecule has 0 radical (unpaired) electrons. The first-order valence-corrected chi connectivity index (χ1v) is 10.4. The summed E-state index contributed by atoms with van der Waals surface area (Å²) >= 11 is 0. The molecule has 0 unspecified atom stereocenters. The van der Waals surface area contributed by atoms with Crippen molar-refractivity contribution in [3.63, 3.8) is 0 Å². The second kappa shape index (κ2) is 12.2. The number of likely N-dealkylation sites (N-methyl/N-ethyl adjacent to an activating group) is 1. The predicted octanol–water partition coefficient (Wildman–Crippen LogP) is -0.230. The SMILES string of the molecule is CCCCN(C)CCNC(=NC)N1CCN(CC(=O)N2CCOCC2)CC1. The molecule has 0 aromatic heterocycles. The van der Waals surface area contributed by atoms with Gasteiger partial charge >= 0.3 is 0 Å². The van der Waals surface area contributed by atoms with Crippen molar-refractivity contribution < 1.29 is 9.53 Å². The first kappa shape index (κ1) is 21.9. The largest absolute Gasteiger partial charge is 0.378 e. The zero-order chi connectivity index (χ0) is 19.5. The van der Waals surface area contributed by atoms with Crippen LogP contribution in [0.25, 0.3) is 0 Å². The first-order valence-electron chi connectivity index (χ1n) is 10.4. The van der Waals surface area contributed by atoms with Gasteiger partial charge in [-0.3, -0.25) is 14.7 Å². The van der Waals surface area contributed by atoms with Crippen molar-refractivity contribution in [2.45, 2.75) is 19.8 Å². The number of nitrogens with one attached hydrogen (secondary N) is 1. The van der Waals surface area contributed by atoms with Gasteiger partial charge < -0.3 is 24.8 Å². The first-order chi connectivity index (χ1) is 13.1. The number of aliphatic imine (C=N–C) groups is 1. The van der Waals surface area contributed by atoms with Gasteiger partial charge in [0.1, 0.15) is 0 Å². The minimum atomic E-state index is 0.226.